The molecule has 0 unspecified atom stereocenters. The molecule has 0 aliphatic carbocycles. The third-order valence-electron chi connectivity index (χ3n) is 4.71. The zero-order valence-corrected chi connectivity index (χ0v) is 15.0. The Labute approximate surface area is 143 Å². The van der Waals surface area contributed by atoms with Crippen LogP contribution in [0.1, 0.15) is 24.8 Å². The Bertz CT molecular complexity index is 682. The van der Waals surface area contributed by atoms with Crippen LogP contribution in [0.5, 0.6) is 5.88 Å². The van der Waals surface area contributed by atoms with Gasteiger partial charge in [-0.15, -0.1) is 0 Å². The summed E-state index contributed by atoms with van der Waals surface area (Å²) >= 11 is 0. The van der Waals surface area contributed by atoms with Gasteiger partial charge in [-0.05, 0) is 25.3 Å². The Hall–Kier alpha value is -1.22. The number of aromatic nitrogens is 1. The predicted octanol–water partition coefficient (Wildman–Crippen LogP) is 0.763. The van der Waals surface area contributed by atoms with Crippen molar-refractivity contribution in [3.8, 4) is 5.88 Å². The van der Waals surface area contributed by atoms with Gasteiger partial charge in [-0.2, -0.15) is 0 Å². The molecule has 0 radical (unpaired) electrons. The molecular formula is C16H25N3O4S. The van der Waals surface area contributed by atoms with Crippen LogP contribution in [-0.2, 0) is 21.3 Å². The monoisotopic (exact) mass is 355 g/mol. The van der Waals surface area contributed by atoms with E-state index >= 15 is 0 Å². The highest BCUT2D eigenvalue weighted by atomic mass is 32.2. The lowest BCUT2D eigenvalue weighted by Gasteiger charge is -2.38. The van der Waals surface area contributed by atoms with Crippen LogP contribution in [0.2, 0.25) is 0 Å². The molecule has 2 atom stereocenters. The zero-order chi connectivity index (χ0) is 17.2. The van der Waals surface area contributed by atoms with Crippen molar-refractivity contribution in [2.24, 2.45) is 0 Å². The van der Waals surface area contributed by atoms with Gasteiger partial charge in [0.2, 0.25) is 15.9 Å². The summed E-state index contributed by atoms with van der Waals surface area (Å²) in [5, 5.41) is 0. The molecule has 1 aromatic rings. The number of pyridine rings is 1. The van der Waals surface area contributed by atoms with Crippen LogP contribution in [-0.4, -0.2) is 63.0 Å². The van der Waals surface area contributed by atoms with Crippen molar-refractivity contribution in [3.05, 3.63) is 23.9 Å². The molecule has 3 heterocycles. The first-order valence-electron chi connectivity index (χ1n) is 8.21. The molecule has 0 aromatic carbocycles. The van der Waals surface area contributed by atoms with E-state index in [2.05, 4.69) is 14.6 Å². The van der Waals surface area contributed by atoms with Crippen molar-refractivity contribution in [2.75, 3.05) is 33.1 Å². The third-order valence-corrected chi connectivity index (χ3v) is 5.47. The highest BCUT2D eigenvalue weighted by Crippen LogP contribution is 2.35. The van der Waals surface area contributed by atoms with Crippen LogP contribution < -0.4 is 9.46 Å². The number of nitrogens with zero attached hydrogens (tertiary/aromatic N) is 2. The van der Waals surface area contributed by atoms with Crippen molar-refractivity contribution in [1.29, 1.82) is 0 Å². The van der Waals surface area contributed by atoms with Crippen LogP contribution in [0.4, 0.5) is 0 Å². The lowest BCUT2D eigenvalue weighted by molar-refractivity contribution is -0.0779. The summed E-state index contributed by atoms with van der Waals surface area (Å²) in [6, 6.07) is 3.89. The molecular weight excluding hydrogens is 330 g/mol. The maximum Gasteiger partial charge on any atom is 0.217 e. The van der Waals surface area contributed by atoms with Gasteiger partial charge in [0.1, 0.15) is 0 Å². The van der Waals surface area contributed by atoms with Crippen molar-refractivity contribution in [3.63, 3.8) is 0 Å². The van der Waals surface area contributed by atoms with E-state index in [9.17, 15) is 8.42 Å². The first kappa shape index (κ1) is 17.6. The highest BCUT2D eigenvalue weighted by Gasteiger charge is 2.43. The Morgan fingerprint density at radius 1 is 1.54 bits per heavy atom. The van der Waals surface area contributed by atoms with E-state index in [0.29, 0.717) is 12.5 Å². The number of rotatable bonds is 5. The number of nitrogens with one attached hydrogen (secondary N) is 1. The van der Waals surface area contributed by atoms with E-state index in [1.54, 1.807) is 13.3 Å². The van der Waals surface area contributed by atoms with Crippen molar-refractivity contribution in [2.45, 2.75) is 37.5 Å². The molecule has 1 N–H and O–H groups in total. The Kier molecular flexibility index (Phi) is 5.10. The van der Waals surface area contributed by atoms with Gasteiger partial charge < -0.3 is 9.47 Å². The van der Waals surface area contributed by atoms with Crippen LogP contribution in [0.25, 0.3) is 0 Å². The minimum atomic E-state index is -3.19. The second-order valence-electron chi connectivity index (χ2n) is 6.74. The summed E-state index contributed by atoms with van der Waals surface area (Å²) in [5.74, 6) is 0.652. The first-order valence-corrected chi connectivity index (χ1v) is 10.1. The SMILES string of the molecule is COc1ncccc1CN1CC[C@@]2(C[C@H](NS(C)(=O)=O)CCO2)C1. The largest absolute Gasteiger partial charge is 0.481 e. The van der Waals surface area contributed by atoms with Gasteiger partial charge in [-0.1, -0.05) is 6.07 Å². The van der Waals surface area contributed by atoms with Gasteiger partial charge in [0, 0.05) is 44.0 Å². The predicted molar refractivity (Wildman–Crippen MR) is 90.4 cm³/mol. The first-order chi connectivity index (χ1) is 11.4. The molecule has 8 heteroatoms. The lowest BCUT2D eigenvalue weighted by atomic mass is 9.90. The normalized spacial score (nSPS) is 28.3. The molecule has 7 nitrogen and oxygen atoms in total. The van der Waals surface area contributed by atoms with E-state index in [0.717, 1.165) is 44.5 Å². The van der Waals surface area contributed by atoms with Gasteiger partial charge in [-0.3, -0.25) is 4.90 Å². The minimum absolute atomic E-state index is 0.0402. The molecule has 0 saturated carbocycles. The summed E-state index contributed by atoms with van der Waals surface area (Å²) in [6.07, 6.45) is 5.30. The molecule has 134 valence electrons. The molecule has 0 bridgehead atoms. The molecule has 0 amide bonds. The van der Waals surface area contributed by atoms with Gasteiger partial charge in [0.15, 0.2) is 0 Å². The summed E-state index contributed by atoms with van der Waals surface area (Å²) in [4.78, 5) is 6.56. The molecule has 2 fully saturated rings. The van der Waals surface area contributed by atoms with Crippen LogP contribution in [0.15, 0.2) is 18.3 Å². The fourth-order valence-electron chi connectivity index (χ4n) is 3.75. The van der Waals surface area contributed by atoms with Crippen LogP contribution in [0.3, 0.4) is 0 Å². The Morgan fingerprint density at radius 3 is 3.12 bits per heavy atom. The van der Waals surface area contributed by atoms with E-state index in [1.165, 1.54) is 6.26 Å². The average molecular weight is 355 g/mol. The van der Waals surface area contributed by atoms with Crippen LogP contribution in [0, 0.1) is 0 Å². The molecule has 3 rings (SSSR count). The number of hydrogen-bond donors (Lipinski definition) is 1. The zero-order valence-electron chi connectivity index (χ0n) is 14.2. The molecule has 1 aromatic heterocycles. The third kappa shape index (κ3) is 4.24. The quantitative estimate of drug-likeness (QED) is 0.840. The van der Waals surface area contributed by atoms with E-state index in [-0.39, 0.29) is 11.6 Å². The summed E-state index contributed by atoms with van der Waals surface area (Å²) in [5.41, 5.74) is 0.800. The van der Waals surface area contributed by atoms with Crippen molar-refractivity contribution >= 4 is 10.0 Å². The second kappa shape index (κ2) is 6.95. The summed E-state index contributed by atoms with van der Waals surface area (Å²) < 4.78 is 37.1. The molecule has 1 spiro atoms. The maximum atomic E-state index is 11.5. The van der Waals surface area contributed by atoms with Gasteiger partial charge in [0.25, 0.3) is 0 Å². The summed E-state index contributed by atoms with van der Waals surface area (Å²) in [6.45, 7) is 3.07. The topological polar surface area (TPSA) is 80.8 Å². The van der Waals surface area contributed by atoms with Crippen molar-refractivity contribution in [1.82, 2.24) is 14.6 Å². The molecule has 2 aliphatic heterocycles. The fraction of sp³-hybridized carbons (Fsp3) is 0.688. The lowest BCUT2D eigenvalue weighted by Crippen LogP contribution is -2.49. The van der Waals surface area contributed by atoms with E-state index in [4.69, 9.17) is 9.47 Å². The molecule has 2 saturated heterocycles. The number of ether oxygens (including phenoxy) is 2. The highest BCUT2D eigenvalue weighted by molar-refractivity contribution is 7.88. The van der Waals surface area contributed by atoms with Gasteiger partial charge in [0.05, 0.1) is 19.0 Å². The molecule has 2 aliphatic rings. The molecule has 24 heavy (non-hydrogen) atoms. The smallest absolute Gasteiger partial charge is 0.217 e. The summed E-state index contributed by atoms with van der Waals surface area (Å²) in [7, 11) is -1.56. The Balaban J connectivity index is 1.63. The van der Waals surface area contributed by atoms with Crippen molar-refractivity contribution < 1.29 is 17.9 Å². The number of hydrogen-bond acceptors (Lipinski definition) is 6. The average Bonchev–Trinajstić information content (AvgIpc) is 2.88. The van der Waals surface area contributed by atoms with Gasteiger partial charge in [-0.25, -0.2) is 18.1 Å². The second-order valence-corrected chi connectivity index (χ2v) is 8.52. The number of sulfonamides is 1. The van der Waals surface area contributed by atoms with E-state index < -0.39 is 10.0 Å². The minimum Gasteiger partial charge on any atom is -0.481 e. The van der Waals surface area contributed by atoms with Gasteiger partial charge >= 0.3 is 0 Å². The number of likely N-dealkylation sites (tertiary alicyclic amines) is 1. The maximum absolute atomic E-state index is 11.5. The Morgan fingerprint density at radius 2 is 2.38 bits per heavy atom. The number of methoxy groups -OCH3 is 1. The fourth-order valence-corrected chi connectivity index (χ4v) is 4.55. The van der Waals surface area contributed by atoms with E-state index in [1.807, 2.05) is 12.1 Å². The van der Waals surface area contributed by atoms with Crippen LogP contribution >= 0.6 is 0 Å². The standard InChI is InChI=1S/C16H25N3O4S/c1-22-15-13(4-3-7-17-15)11-19-8-6-16(12-19)10-14(5-9-23-16)18-24(2,20)21/h3-4,7,14,18H,5-6,8-12H2,1-2H3/t14-,16-/m1/s1.